The predicted molar refractivity (Wildman–Crippen MR) is 153 cm³/mol. The Labute approximate surface area is 212 Å². The predicted octanol–water partition coefficient (Wildman–Crippen LogP) is 6.58. The monoisotopic (exact) mass is 492 g/mol. The van der Waals surface area contributed by atoms with Crippen molar-refractivity contribution < 1.29 is 4.42 Å². The average molecular weight is 493 g/mol. The second-order valence-corrected chi connectivity index (χ2v) is 12.6. The molecule has 35 heavy (non-hydrogen) atoms. The normalized spacial score (nSPS) is 11.7. The maximum atomic E-state index is 6.44. The summed E-state index contributed by atoms with van der Waals surface area (Å²) in [5.74, 6) is 1.54. The summed E-state index contributed by atoms with van der Waals surface area (Å²) in [7, 11) is -2.31. The zero-order valence-corrected chi connectivity index (χ0v) is 21.3. The van der Waals surface area contributed by atoms with Gasteiger partial charge in [0, 0.05) is 6.08 Å². The summed E-state index contributed by atoms with van der Waals surface area (Å²) >= 11 is 1.72. The molecule has 1 aromatic heterocycles. The van der Waals surface area contributed by atoms with Gasteiger partial charge in [-0.3, -0.25) is 0 Å². The number of aromatic nitrogens is 1. The number of nitrogens with zero attached hydrogens (tertiary/aromatic N) is 1. The van der Waals surface area contributed by atoms with Crippen LogP contribution in [0.4, 0.5) is 0 Å². The summed E-state index contributed by atoms with van der Waals surface area (Å²) in [5.41, 5.74) is 2.15. The van der Waals surface area contributed by atoms with Crippen molar-refractivity contribution in [2.24, 2.45) is 0 Å². The lowest BCUT2D eigenvalue weighted by molar-refractivity contribution is 0.464. The minimum atomic E-state index is -2.31. The van der Waals surface area contributed by atoms with Gasteiger partial charge in [-0.2, -0.15) is 4.98 Å². The van der Waals surface area contributed by atoms with E-state index in [4.69, 9.17) is 9.40 Å². The number of oxazole rings is 1. The van der Waals surface area contributed by atoms with Gasteiger partial charge in [0.05, 0.1) is 0 Å². The first-order chi connectivity index (χ1) is 17.3. The van der Waals surface area contributed by atoms with E-state index in [0.29, 0.717) is 5.89 Å². The summed E-state index contributed by atoms with van der Waals surface area (Å²) in [5, 5.41) is 4.69. The van der Waals surface area contributed by atoms with Gasteiger partial charge in [-0.25, -0.2) is 0 Å². The van der Waals surface area contributed by atoms with Crippen molar-refractivity contribution >= 4 is 52.5 Å². The molecule has 172 valence electrons. The smallest absolute Gasteiger partial charge is 0.251 e. The Morgan fingerprint density at radius 2 is 1.11 bits per heavy atom. The molecule has 5 rings (SSSR count). The molecule has 1 heterocycles. The largest absolute Gasteiger partial charge is 0.426 e. The molecule has 0 radical (unpaired) electrons. The molecule has 0 amide bonds. The molecule has 2 nitrogen and oxygen atoms in total. The number of benzene rings is 4. The van der Waals surface area contributed by atoms with Crippen LogP contribution in [0.25, 0.3) is 12.2 Å². The molecular formula is C31H27NOPS+. The lowest BCUT2D eigenvalue weighted by Gasteiger charge is -2.25. The molecule has 0 aliphatic rings. The fourth-order valence-electron chi connectivity index (χ4n) is 4.32. The van der Waals surface area contributed by atoms with Gasteiger partial charge >= 0.3 is 0 Å². The van der Waals surface area contributed by atoms with E-state index in [-0.39, 0.29) is 0 Å². The minimum absolute atomic E-state index is 0.631. The Hall–Kier alpha value is -3.39. The van der Waals surface area contributed by atoms with Gasteiger partial charge in [0.25, 0.3) is 5.44 Å². The van der Waals surface area contributed by atoms with E-state index >= 15 is 0 Å². The van der Waals surface area contributed by atoms with E-state index in [1.165, 1.54) is 15.9 Å². The summed E-state index contributed by atoms with van der Waals surface area (Å²) in [4.78, 5) is 5.22. The lowest BCUT2D eigenvalue weighted by atomic mass is 10.2. The maximum Gasteiger partial charge on any atom is 0.251 e. The molecule has 0 spiro atoms. The molecule has 0 N–H and O–H groups in total. The zero-order valence-electron chi connectivity index (χ0n) is 19.6. The van der Waals surface area contributed by atoms with Crippen LogP contribution in [0.1, 0.15) is 18.4 Å². The summed E-state index contributed by atoms with van der Waals surface area (Å²) in [6.45, 7) is 2.16. The molecule has 4 heteroatoms. The standard InChI is InChI=1S/C31H27NOPS/c1-2-35-31-30(32-29(33-31)24-23-25-15-7-3-8-16-25)34(26-17-9-4-10-18-26,27-19-11-5-12-20-27)28-21-13-6-14-22-28/h3-24H,2H2,1H3/q+1/b24-23+. The molecule has 0 atom stereocenters. The third-order valence-electron chi connectivity index (χ3n) is 5.84. The first-order valence-electron chi connectivity index (χ1n) is 11.8. The number of thioether (sulfide) groups is 1. The molecule has 0 aliphatic heterocycles. The van der Waals surface area contributed by atoms with Crippen LogP contribution in [-0.2, 0) is 0 Å². The Morgan fingerprint density at radius 3 is 1.57 bits per heavy atom. The van der Waals surface area contributed by atoms with Crippen molar-refractivity contribution in [1.82, 2.24) is 4.98 Å². The Morgan fingerprint density at radius 1 is 0.657 bits per heavy atom. The van der Waals surface area contributed by atoms with E-state index < -0.39 is 7.26 Å². The highest BCUT2D eigenvalue weighted by atomic mass is 32.2. The Kier molecular flexibility index (Phi) is 7.28. The van der Waals surface area contributed by atoms with E-state index in [1.54, 1.807) is 11.8 Å². The summed E-state index contributed by atoms with van der Waals surface area (Å²) in [6.07, 6.45) is 4.04. The highest BCUT2D eigenvalue weighted by molar-refractivity contribution is 8.04. The van der Waals surface area contributed by atoms with Crippen LogP contribution in [0.3, 0.4) is 0 Å². The first-order valence-corrected chi connectivity index (χ1v) is 14.5. The highest BCUT2D eigenvalue weighted by Crippen LogP contribution is 2.55. The van der Waals surface area contributed by atoms with Crippen molar-refractivity contribution in [1.29, 1.82) is 0 Å². The van der Waals surface area contributed by atoms with Gasteiger partial charge in [0.1, 0.15) is 15.9 Å². The van der Waals surface area contributed by atoms with E-state index in [0.717, 1.165) is 21.8 Å². The number of rotatable bonds is 8. The fourth-order valence-corrected chi connectivity index (χ4v) is 9.56. The van der Waals surface area contributed by atoms with Crippen molar-refractivity contribution in [2.45, 2.75) is 12.0 Å². The fraction of sp³-hybridized carbons (Fsp3) is 0.0645. The van der Waals surface area contributed by atoms with Gasteiger partial charge in [0.15, 0.2) is 7.26 Å². The molecule has 0 unspecified atom stereocenters. The SMILES string of the molecule is CCSc1oc(/C=C/c2ccccc2)nc1[P+](c1ccccc1)(c1ccccc1)c1ccccc1. The maximum absolute atomic E-state index is 6.44. The van der Waals surface area contributed by atoms with Crippen LogP contribution in [0.5, 0.6) is 0 Å². The molecular weight excluding hydrogens is 465 g/mol. The summed E-state index contributed by atoms with van der Waals surface area (Å²) < 4.78 is 6.44. The van der Waals surface area contributed by atoms with Gasteiger partial charge in [0.2, 0.25) is 11.0 Å². The molecule has 5 aromatic rings. The first kappa shape index (κ1) is 23.4. The van der Waals surface area contributed by atoms with E-state index in [1.807, 2.05) is 24.3 Å². The van der Waals surface area contributed by atoms with Gasteiger partial charge in [-0.05, 0) is 53.8 Å². The molecule has 0 bridgehead atoms. The second kappa shape index (κ2) is 10.9. The van der Waals surface area contributed by atoms with E-state index in [2.05, 4.69) is 116 Å². The third-order valence-corrected chi connectivity index (χ3v) is 11.0. The van der Waals surface area contributed by atoms with Gasteiger partial charge in [-0.15, -0.1) is 0 Å². The van der Waals surface area contributed by atoms with Crippen LogP contribution in [0.15, 0.2) is 131 Å². The summed E-state index contributed by atoms with van der Waals surface area (Å²) in [6, 6.07) is 42.7. The molecule has 0 saturated carbocycles. The number of hydrogen-bond acceptors (Lipinski definition) is 3. The molecule has 0 aliphatic carbocycles. The zero-order chi connectivity index (χ0) is 23.9. The van der Waals surface area contributed by atoms with Gasteiger partial charge < -0.3 is 4.42 Å². The van der Waals surface area contributed by atoms with Crippen molar-refractivity contribution in [2.75, 3.05) is 5.75 Å². The van der Waals surface area contributed by atoms with E-state index in [9.17, 15) is 0 Å². The minimum Gasteiger partial charge on any atom is -0.426 e. The van der Waals surface area contributed by atoms with Crippen molar-refractivity contribution in [3.05, 3.63) is 133 Å². The van der Waals surface area contributed by atoms with Crippen LogP contribution in [-0.4, -0.2) is 10.7 Å². The van der Waals surface area contributed by atoms with Crippen LogP contribution < -0.4 is 21.3 Å². The molecule has 0 fully saturated rings. The third kappa shape index (κ3) is 4.75. The molecule has 4 aromatic carbocycles. The number of hydrogen-bond donors (Lipinski definition) is 0. The molecule has 0 saturated heterocycles. The average Bonchev–Trinajstić information content (AvgIpc) is 3.33. The van der Waals surface area contributed by atoms with Crippen LogP contribution in [0, 0.1) is 0 Å². The van der Waals surface area contributed by atoms with Crippen LogP contribution in [0.2, 0.25) is 0 Å². The Bertz CT molecular complexity index is 1290. The van der Waals surface area contributed by atoms with Crippen molar-refractivity contribution in [3.63, 3.8) is 0 Å². The topological polar surface area (TPSA) is 26.0 Å². The quantitative estimate of drug-likeness (QED) is 0.181. The highest BCUT2D eigenvalue weighted by Gasteiger charge is 2.52. The Balaban J connectivity index is 1.79. The van der Waals surface area contributed by atoms with Gasteiger partial charge in [-0.1, -0.05) is 104 Å². The van der Waals surface area contributed by atoms with Crippen LogP contribution >= 0.6 is 19.0 Å². The second-order valence-electron chi connectivity index (χ2n) is 8.02. The lowest BCUT2D eigenvalue weighted by Crippen LogP contribution is -2.40. The van der Waals surface area contributed by atoms with Crippen molar-refractivity contribution in [3.8, 4) is 0 Å².